The van der Waals surface area contributed by atoms with Gasteiger partial charge in [0.25, 0.3) is 5.91 Å². The molecule has 2 saturated heterocycles. The number of likely N-dealkylation sites (tertiary alicyclic amines) is 1. The fourth-order valence-corrected chi connectivity index (χ4v) is 3.20. The summed E-state index contributed by atoms with van der Waals surface area (Å²) in [6.07, 6.45) is 1.91. The van der Waals surface area contributed by atoms with Crippen LogP contribution in [0.15, 0.2) is 0 Å². The Hall–Kier alpha value is -1.14. The van der Waals surface area contributed by atoms with Crippen molar-refractivity contribution in [2.24, 2.45) is 11.3 Å². The second kappa shape index (κ2) is 6.75. The van der Waals surface area contributed by atoms with Crippen molar-refractivity contribution < 1.29 is 24.2 Å². The summed E-state index contributed by atoms with van der Waals surface area (Å²) in [6, 6.07) is 0. The molecular weight excluding hydrogens is 274 g/mol. The Morgan fingerprint density at radius 1 is 1.52 bits per heavy atom. The van der Waals surface area contributed by atoms with Crippen molar-refractivity contribution in [2.45, 2.75) is 39.2 Å². The number of amides is 1. The van der Waals surface area contributed by atoms with Crippen molar-refractivity contribution in [3.63, 3.8) is 0 Å². The lowest BCUT2D eigenvalue weighted by Gasteiger charge is -2.33. The minimum Gasteiger partial charge on any atom is -0.481 e. The van der Waals surface area contributed by atoms with Crippen molar-refractivity contribution in [3.8, 4) is 0 Å². The number of aliphatic carboxylic acids is 1. The minimum atomic E-state index is -0.836. The van der Waals surface area contributed by atoms with E-state index in [2.05, 4.69) is 6.92 Å². The molecule has 120 valence electrons. The Morgan fingerprint density at radius 3 is 2.90 bits per heavy atom. The van der Waals surface area contributed by atoms with Gasteiger partial charge >= 0.3 is 5.97 Å². The summed E-state index contributed by atoms with van der Waals surface area (Å²) in [5.74, 6) is -1.04. The summed E-state index contributed by atoms with van der Waals surface area (Å²) in [7, 11) is 0. The fraction of sp³-hybridized carbons (Fsp3) is 0.867. The molecule has 0 saturated carbocycles. The van der Waals surface area contributed by atoms with E-state index in [1.165, 1.54) is 0 Å². The Morgan fingerprint density at radius 2 is 2.29 bits per heavy atom. The Labute approximate surface area is 125 Å². The van der Waals surface area contributed by atoms with Gasteiger partial charge in [-0.2, -0.15) is 0 Å². The predicted molar refractivity (Wildman–Crippen MR) is 75.9 cm³/mol. The van der Waals surface area contributed by atoms with Crippen molar-refractivity contribution in [1.29, 1.82) is 0 Å². The molecule has 3 atom stereocenters. The number of carbonyl (C=O) groups excluding carboxylic acids is 1. The highest BCUT2D eigenvalue weighted by Gasteiger charge is 2.55. The molecule has 0 radical (unpaired) electrons. The maximum absolute atomic E-state index is 12.4. The summed E-state index contributed by atoms with van der Waals surface area (Å²) in [5.41, 5.74) is -0.836. The van der Waals surface area contributed by atoms with Crippen LogP contribution in [0.2, 0.25) is 0 Å². The number of hydrogen-bond acceptors (Lipinski definition) is 4. The van der Waals surface area contributed by atoms with Crippen LogP contribution in [0.4, 0.5) is 0 Å². The molecule has 21 heavy (non-hydrogen) atoms. The van der Waals surface area contributed by atoms with Crippen LogP contribution in [-0.2, 0) is 19.1 Å². The number of carboxylic acid groups (broad SMARTS) is 1. The van der Waals surface area contributed by atoms with Gasteiger partial charge in [0.1, 0.15) is 6.10 Å². The average molecular weight is 299 g/mol. The van der Waals surface area contributed by atoms with Crippen LogP contribution >= 0.6 is 0 Å². The standard InChI is InChI=1S/C15H25NO5/c1-3-4-6-21-11(2)13(17)16-8-12-9-20-7-5-15(12,10-16)14(18)19/h11-12H,3-10H2,1-2H3,(H,18,19)/t11?,12-,15+/m0/s1. The third-order valence-electron chi connectivity index (χ3n) is 4.66. The van der Waals surface area contributed by atoms with Gasteiger partial charge in [-0.15, -0.1) is 0 Å². The average Bonchev–Trinajstić information content (AvgIpc) is 2.87. The molecule has 2 fully saturated rings. The normalized spacial score (nSPS) is 30.0. The van der Waals surface area contributed by atoms with E-state index < -0.39 is 17.5 Å². The van der Waals surface area contributed by atoms with Crippen molar-refractivity contribution >= 4 is 11.9 Å². The molecule has 2 heterocycles. The quantitative estimate of drug-likeness (QED) is 0.744. The van der Waals surface area contributed by atoms with Gasteiger partial charge in [0.05, 0.1) is 12.0 Å². The molecule has 0 spiro atoms. The van der Waals surface area contributed by atoms with Crippen LogP contribution in [0.5, 0.6) is 0 Å². The van der Waals surface area contributed by atoms with E-state index in [0.29, 0.717) is 32.8 Å². The van der Waals surface area contributed by atoms with E-state index in [1.807, 2.05) is 0 Å². The molecule has 2 rings (SSSR count). The molecular formula is C15H25NO5. The summed E-state index contributed by atoms with van der Waals surface area (Å²) >= 11 is 0. The van der Waals surface area contributed by atoms with Crippen LogP contribution in [0, 0.1) is 11.3 Å². The number of carboxylic acids is 1. The van der Waals surface area contributed by atoms with Crippen molar-refractivity contribution in [1.82, 2.24) is 4.90 Å². The lowest BCUT2D eigenvalue weighted by molar-refractivity contribution is -0.157. The second-order valence-corrected chi connectivity index (χ2v) is 6.07. The zero-order valence-corrected chi connectivity index (χ0v) is 12.8. The van der Waals surface area contributed by atoms with Crippen LogP contribution in [0.1, 0.15) is 33.1 Å². The molecule has 2 aliphatic heterocycles. The lowest BCUT2D eigenvalue weighted by Crippen LogP contribution is -2.45. The molecule has 0 aromatic heterocycles. The number of hydrogen-bond donors (Lipinski definition) is 1. The Balaban J connectivity index is 1.99. The highest BCUT2D eigenvalue weighted by Crippen LogP contribution is 2.42. The van der Waals surface area contributed by atoms with Crippen LogP contribution in [0.3, 0.4) is 0 Å². The van der Waals surface area contributed by atoms with E-state index in [1.54, 1.807) is 11.8 Å². The molecule has 6 heteroatoms. The second-order valence-electron chi connectivity index (χ2n) is 6.07. The lowest BCUT2D eigenvalue weighted by atomic mass is 9.74. The van der Waals surface area contributed by atoms with Crippen LogP contribution < -0.4 is 0 Å². The molecule has 0 aliphatic carbocycles. The van der Waals surface area contributed by atoms with E-state index >= 15 is 0 Å². The van der Waals surface area contributed by atoms with E-state index in [0.717, 1.165) is 12.8 Å². The molecule has 2 aliphatic rings. The van der Waals surface area contributed by atoms with Gasteiger partial charge in [0, 0.05) is 32.2 Å². The first kappa shape index (κ1) is 16.2. The molecule has 6 nitrogen and oxygen atoms in total. The monoisotopic (exact) mass is 299 g/mol. The highest BCUT2D eigenvalue weighted by molar-refractivity contribution is 5.83. The first-order valence-corrected chi connectivity index (χ1v) is 7.73. The summed E-state index contributed by atoms with van der Waals surface area (Å²) in [6.45, 7) is 5.97. The Kier molecular flexibility index (Phi) is 5.22. The van der Waals surface area contributed by atoms with E-state index in [-0.39, 0.29) is 18.4 Å². The smallest absolute Gasteiger partial charge is 0.311 e. The number of rotatable bonds is 6. The number of nitrogens with zero attached hydrogens (tertiary/aromatic N) is 1. The minimum absolute atomic E-state index is 0.110. The van der Waals surface area contributed by atoms with Gasteiger partial charge < -0.3 is 19.5 Å². The number of carbonyl (C=O) groups is 2. The van der Waals surface area contributed by atoms with Gasteiger partial charge in [0.15, 0.2) is 0 Å². The van der Waals surface area contributed by atoms with Gasteiger partial charge in [-0.25, -0.2) is 0 Å². The van der Waals surface area contributed by atoms with Crippen molar-refractivity contribution in [2.75, 3.05) is 32.9 Å². The molecule has 0 aromatic carbocycles. The predicted octanol–water partition coefficient (Wildman–Crippen LogP) is 1.14. The van der Waals surface area contributed by atoms with Gasteiger partial charge in [0.2, 0.25) is 0 Å². The maximum Gasteiger partial charge on any atom is 0.311 e. The third kappa shape index (κ3) is 3.21. The highest BCUT2D eigenvalue weighted by atomic mass is 16.5. The fourth-order valence-electron chi connectivity index (χ4n) is 3.20. The summed E-state index contributed by atoms with van der Waals surface area (Å²) < 4.78 is 10.9. The summed E-state index contributed by atoms with van der Waals surface area (Å²) in [5, 5.41) is 9.59. The maximum atomic E-state index is 12.4. The van der Waals surface area contributed by atoms with E-state index in [9.17, 15) is 14.7 Å². The SMILES string of the molecule is CCCCOC(C)C(=O)N1C[C@H]2COCC[C@@]2(C(=O)O)C1. The van der Waals surface area contributed by atoms with Gasteiger partial charge in [-0.1, -0.05) is 13.3 Å². The topological polar surface area (TPSA) is 76.1 Å². The first-order chi connectivity index (χ1) is 10.0. The molecule has 1 amide bonds. The molecule has 1 unspecified atom stereocenters. The van der Waals surface area contributed by atoms with Crippen molar-refractivity contribution in [3.05, 3.63) is 0 Å². The zero-order chi connectivity index (χ0) is 15.5. The number of ether oxygens (including phenoxy) is 2. The largest absolute Gasteiger partial charge is 0.481 e. The number of fused-ring (bicyclic) bond motifs is 1. The van der Waals surface area contributed by atoms with E-state index in [4.69, 9.17) is 9.47 Å². The third-order valence-corrected chi connectivity index (χ3v) is 4.66. The molecule has 0 aromatic rings. The van der Waals surface area contributed by atoms with Crippen LogP contribution in [0.25, 0.3) is 0 Å². The Bertz CT molecular complexity index is 400. The van der Waals surface area contributed by atoms with Gasteiger partial charge in [-0.3, -0.25) is 9.59 Å². The zero-order valence-electron chi connectivity index (χ0n) is 12.8. The molecule has 1 N–H and O–H groups in total. The molecule has 0 bridgehead atoms. The summed E-state index contributed by atoms with van der Waals surface area (Å²) in [4.78, 5) is 25.7. The van der Waals surface area contributed by atoms with Crippen LogP contribution in [-0.4, -0.2) is 60.9 Å². The van der Waals surface area contributed by atoms with Gasteiger partial charge in [-0.05, 0) is 19.8 Å². The first-order valence-electron chi connectivity index (χ1n) is 7.73. The number of unbranched alkanes of at least 4 members (excludes halogenated alkanes) is 1.